The van der Waals surface area contributed by atoms with Crippen LogP contribution in [0.5, 0.6) is 0 Å². The molecule has 0 aliphatic carbocycles. The van der Waals surface area contributed by atoms with E-state index in [1.807, 2.05) is 30.3 Å². The van der Waals surface area contributed by atoms with Crippen LogP contribution >= 0.6 is 0 Å². The predicted molar refractivity (Wildman–Crippen MR) is 135 cm³/mol. The molecule has 2 aromatic rings. The zero-order chi connectivity index (χ0) is 23.2. The SMILES string of the molecule is CCCCCCCCCc1cc(CCCCCCCCC)c2ccccc2c1S(=O)(=O)[O-].[K+]. The maximum atomic E-state index is 12.2. The van der Waals surface area contributed by atoms with Crippen LogP contribution in [0.1, 0.15) is 115 Å². The Morgan fingerprint density at radius 2 is 1.06 bits per heavy atom. The van der Waals surface area contributed by atoms with Gasteiger partial charge in [0, 0.05) is 0 Å². The van der Waals surface area contributed by atoms with Crippen molar-refractivity contribution in [2.75, 3.05) is 0 Å². The summed E-state index contributed by atoms with van der Waals surface area (Å²) < 4.78 is 36.6. The van der Waals surface area contributed by atoms with Crippen molar-refractivity contribution in [3.8, 4) is 0 Å². The minimum Gasteiger partial charge on any atom is -0.744 e. The van der Waals surface area contributed by atoms with Crippen molar-refractivity contribution in [1.29, 1.82) is 0 Å². The molecule has 0 unspecified atom stereocenters. The predicted octanol–water partition coefficient (Wildman–Crippen LogP) is 5.33. The molecule has 0 amide bonds. The van der Waals surface area contributed by atoms with Gasteiger partial charge >= 0.3 is 51.4 Å². The van der Waals surface area contributed by atoms with Crippen molar-refractivity contribution in [1.82, 2.24) is 0 Å². The molecule has 0 aromatic heterocycles. The number of hydrogen-bond donors (Lipinski definition) is 0. The summed E-state index contributed by atoms with van der Waals surface area (Å²) >= 11 is 0. The maximum absolute atomic E-state index is 12.2. The Kier molecular flexibility index (Phi) is 16.7. The Hall–Kier alpha value is 0.246. The van der Waals surface area contributed by atoms with Crippen LogP contribution < -0.4 is 51.4 Å². The monoisotopic (exact) mass is 498 g/mol. The average molecular weight is 499 g/mol. The minimum atomic E-state index is -4.52. The Balaban J connectivity index is 0.00000544. The Bertz CT molecular complexity index is 909. The molecular weight excluding hydrogens is 455 g/mol. The molecule has 0 bridgehead atoms. The van der Waals surface area contributed by atoms with Crippen molar-refractivity contribution in [2.24, 2.45) is 0 Å². The third kappa shape index (κ3) is 11.2. The number of fused-ring (bicyclic) bond motifs is 1. The molecular formula is C28H43KO3S. The second-order valence-electron chi connectivity index (χ2n) is 9.27. The molecule has 33 heavy (non-hydrogen) atoms. The molecule has 0 saturated heterocycles. The topological polar surface area (TPSA) is 57.2 Å². The van der Waals surface area contributed by atoms with Crippen LogP contribution in [0, 0.1) is 0 Å². The molecule has 0 fully saturated rings. The van der Waals surface area contributed by atoms with Gasteiger partial charge in [-0.05, 0) is 47.6 Å². The van der Waals surface area contributed by atoms with Crippen molar-refractivity contribution in [3.05, 3.63) is 41.5 Å². The Labute approximate surface area is 245 Å². The number of benzene rings is 2. The van der Waals surface area contributed by atoms with Crippen LogP contribution in [-0.2, 0) is 23.0 Å². The molecule has 3 nitrogen and oxygen atoms in total. The van der Waals surface area contributed by atoms with Crippen LogP contribution in [0.25, 0.3) is 10.8 Å². The summed E-state index contributed by atoms with van der Waals surface area (Å²) in [6, 6.07) is 9.59. The average Bonchev–Trinajstić information content (AvgIpc) is 2.76. The van der Waals surface area contributed by atoms with Gasteiger partial charge in [0.05, 0.1) is 4.90 Å². The molecule has 0 atom stereocenters. The second-order valence-corrected chi connectivity index (χ2v) is 10.6. The van der Waals surface area contributed by atoms with Gasteiger partial charge in [-0.15, -0.1) is 0 Å². The molecule has 0 N–H and O–H groups in total. The van der Waals surface area contributed by atoms with Crippen molar-refractivity contribution in [2.45, 2.75) is 121 Å². The second kappa shape index (κ2) is 17.6. The van der Waals surface area contributed by atoms with E-state index in [9.17, 15) is 13.0 Å². The van der Waals surface area contributed by atoms with Gasteiger partial charge in [-0.25, -0.2) is 8.42 Å². The number of hydrogen-bond acceptors (Lipinski definition) is 3. The van der Waals surface area contributed by atoms with Crippen molar-refractivity contribution < 1.29 is 64.4 Å². The third-order valence-corrected chi connectivity index (χ3v) is 7.49. The first-order valence-corrected chi connectivity index (χ1v) is 14.4. The molecule has 0 aliphatic heterocycles. The van der Waals surface area contributed by atoms with Gasteiger partial charge in [-0.3, -0.25) is 0 Å². The molecule has 5 heteroatoms. The van der Waals surface area contributed by atoms with Crippen LogP contribution in [0.15, 0.2) is 35.2 Å². The van der Waals surface area contributed by atoms with E-state index in [-0.39, 0.29) is 56.3 Å². The fourth-order valence-corrected chi connectivity index (χ4v) is 5.65. The summed E-state index contributed by atoms with van der Waals surface area (Å²) in [7, 11) is -4.52. The fraction of sp³-hybridized carbons (Fsp3) is 0.643. The van der Waals surface area contributed by atoms with Crippen LogP contribution in [0.2, 0.25) is 0 Å². The Morgan fingerprint density at radius 1 is 0.636 bits per heavy atom. The van der Waals surface area contributed by atoms with E-state index in [4.69, 9.17) is 0 Å². The van der Waals surface area contributed by atoms with E-state index < -0.39 is 10.1 Å². The number of unbranched alkanes of at least 4 members (excludes halogenated alkanes) is 12. The van der Waals surface area contributed by atoms with Gasteiger partial charge < -0.3 is 4.55 Å². The van der Waals surface area contributed by atoms with Crippen molar-refractivity contribution in [3.63, 3.8) is 0 Å². The van der Waals surface area contributed by atoms with Crippen LogP contribution in [0.4, 0.5) is 0 Å². The van der Waals surface area contributed by atoms with Crippen LogP contribution in [0.3, 0.4) is 0 Å². The summed E-state index contributed by atoms with van der Waals surface area (Å²) in [5.41, 5.74) is 1.92. The summed E-state index contributed by atoms with van der Waals surface area (Å²) in [6.45, 7) is 4.45. The quantitative estimate of drug-likeness (QED) is 0.168. The summed E-state index contributed by atoms with van der Waals surface area (Å²) in [6.07, 6.45) is 18.6. The molecule has 180 valence electrons. The van der Waals surface area contributed by atoms with Crippen LogP contribution in [-0.4, -0.2) is 13.0 Å². The molecule has 0 radical (unpaired) electrons. The van der Waals surface area contributed by atoms with E-state index >= 15 is 0 Å². The Morgan fingerprint density at radius 3 is 1.55 bits per heavy atom. The van der Waals surface area contributed by atoms with Gasteiger partial charge in [0.25, 0.3) is 0 Å². The molecule has 0 saturated carbocycles. The van der Waals surface area contributed by atoms with Gasteiger partial charge in [0.1, 0.15) is 10.1 Å². The van der Waals surface area contributed by atoms with Crippen molar-refractivity contribution >= 4 is 20.9 Å². The number of aryl methyl sites for hydroxylation is 2. The van der Waals surface area contributed by atoms with Gasteiger partial charge in [-0.1, -0.05) is 121 Å². The minimum absolute atomic E-state index is 0. The van der Waals surface area contributed by atoms with Gasteiger partial charge in [-0.2, -0.15) is 0 Å². The zero-order valence-electron chi connectivity index (χ0n) is 21.3. The molecule has 0 heterocycles. The molecule has 2 rings (SSSR count). The molecule has 0 aliphatic rings. The standard InChI is InChI=1S/C28H44O3S.K/c1-3-5-7-9-11-13-15-19-24-23-25(20-16-14-12-10-8-6-4-2)28(32(29,30)31)27-22-18-17-21-26(24)27;/h17-18,21-23H,3-16,19-20H2,1-2H3,(H,29,30,31);/q;+1/p-1. The summed E-state index contributed by atoms with van der Waals surface area (Å²) in [5.74, 6) is 0. The zero-order valence-corrected chi connectivity index (χ0v) is 25.3. The summed E-state index contributed by atoms with van der Waals surface area (Å²) in [4.78, 5) is 0.0161. The van der Waals surface area contributed by atoms with E-state index in [0.717, 1.165) is 36.6 Å². The fourth-order valence-electron chi connectivity index (χ4n) is 4.72. The smallest absolute Gasteiger partial charge is 0.744 e. The maximum Gasteiger partial charge on any atom is 1.00 e. The first-order valence-electron chi connectivity index (χ1n) is 13.0. The van der Waals surface area contributed by atoms with E-state index in [0.29, 0.717) is 11.8 Å². The first-order chi connectivity index (χ1) is 15.5. The van der Waals surface area contributed by atoms with Gasteiger partial charge in [0.2, 0.25) is 0 Å². The third-order valence-electron chi connectivity index (χ3n) is 6.51. The van der Waals surface area contributed by atoms with Gasteiger partial charge in [0.15, 0.2) is 0 Å². The molecule has 0 spiro atoms. The van der Waals surface area contributed by atoms with E-state index in [1.54, 1.807) is 0 Å². The first kappa shape index (κ1) is 31.3. The van der Waals surface area contributed by atoms with E-state index in [1.165, 1.54) is 76.2 Å². The normalized spacial score (nSPS) is 11.6. The number of rotatable bonds is 17. The molecule has 2 aromatic carbocycles. The largest absolute Gasteiger partial charge is 1.00 e. The van der Waals surface area contributed by atoms with E-state index in [2.05, 4.69) is 13.8 Å². The summed E-state index contributed by atoms with van der Waals surface area (Å²) in [5, 5.41) is 1.54.